The normalized spacial score (nSPS) is 9.92. The van der Waals surface area contributed by atoms with Gasteiger partial charge in [-0.05, 0) is 17.5 Å². The number of aromatic nitrogens is 1. The Balaban J connectivity index is 3.16. The third-order valence-corrected chi connectivity index (χ3v) is 1.95. The van der Waals surface area contributed by atoms with Gasteiger partial charge in [0.25, 0.3) is 0 Å². The maximum atomic E-state index is 8.65. The van der Waals surface area contributed by atoms with Gasteiger partial charge in [0.05, 0.1) is 5.56 Å². The molecule has 0 aliphatic heterocycles. The maximum Gasteiger partial charge on any atom is 0.146 e. The molecule has 3 heteroatoms. The van der Waals surface area contributed by atoms with Crippen molar-refractivity contribution in [2.75, 3.05) is 0 Å². The van der Waals surface area contributed by atoms with Crippen molar-refractivity contribution in [1.29, 1.82) is 5.26 Å². The molecule has 0 saturated carbocycles. The molecular weight excluding hydrogens is 172 g/mol. The second-order valence-electron chi connectivity index (χ2n) is 2.87. The molecule has 1 heterocycles. The second kappa shape index (κ2) is 3.55. The zero-order valence-electron chi connectivity index (χ0n) is 7.00. The first-order valence-corrected chi connectivity index (χ1v) is 4.08. The number of rotatable bonds is 1. The molecule has 12 heavy (non-hydrogen) atoms. The van der Waals surface area contributed by atoms with Crippen molar-refractivity contribution in [1.82, 2.24) is 4.98 Å². The molecule has 0 bridgehead atoms. The topological polar surface area (TPSA) is 36.7 Å². The van der Waals surface area contributed by atoms with Crippen molar-refractivity contribution >= 4 is 11.6 Å². The predicted molar refractivity (Wildman–Crippen MR) is 48.1 cm³/mol. The van der Waals surface area contributed by atoms with Crippen LogP contribution in [0.1, 0.15) is 30.9 Å². The van der Waals surface area contributed by atoms with Gasteiger partial charge in [0.15, 0.2) is 0 Å². The van der Waals surface area contributed by atoms with Crippen LogP contribution in [-0.2, 0) is 0 Å². The zero-order chi connectivity index (χ0) is 9.14. The van der Waals surface area contributed by atoms with E-state index < -0.39 is 0 Å². The number of nitriles is 1. The lowest BCUT2D eigenvalue weighted by Gasteiger charge is -2.04. The van der Waals surface area contributed by atoms with Crippen LogP contribution in [0.15, 0.2) is 12.3 Å². The minimum atomic E-state index is 0.280. The fourth-order valence-electron chi connectivity index (χ4n) is 0.858. The Bertz CT molecular complexity index is 326. The third-order valence-electron chi connectivity index (χ3n) is 1.65. The fourth-order valence-corrected chi connectivity index (χ4v) is 1.00. The summed E-state index contributed by atoms with van der Waals surface area (Å²) in [5, 5.41) is 8.93. The first kappa shape index (κ1) is 9.02. The lowest BCUT2D eigenvalue weighted by molar-refractivity contribution is 0.857. The van der Waals surface area contributed by atoms with Crippen LogP contribution < -0.4 is 0 Å². The van der Waals surface area contributed by atoms with Gasteiger partial charge in [0, 0.05) is 6.20 Å². The molecular formula is C9H9ClN2. The predicted octanol–water partition coefficient (Wildman–Crippen LogP) is 2.73. The van der Waals surface area contributed by atoms with E-state index in [0.29, 0.717) is 11.5 Å². The number of nitrogens with zero attached hydrogens (tertiary/aromatic N) is 2. The Morgan fingerprint density at radius 3 is 2.75 bits per heavy atom. The van der Waals surface area contributed by atoms with E-state index in [-0.39, 0.29) is 5.15 Å². The summed E-state index contributed by atoms with van der Waals surface area (Å²) in [5.41, 5.74) is 1.49. The Hall–Kier alpha value is -1.07. The minimum absolute atomic E-state index is 0.280. The van der Waals surface area contributed by atoms with Gasteiger partial charge < -0.3 is 0 Å². The first-order chi connectivity index (χ1) is 5.65. The molecule has 62 valence electrons. The fraction of sp³-hybridized carbons (Fsp3) is 0.333. The second-order valence-corrected chi connectivity index (χ2v) is 3.23. The molecule has 0 aliphatic rings. The molecule has 0 unspecified atom stereocenters. The Morgan fingerprint density at radius 2 is 2.25 bits per heavy atom. The monoisotopic (exact) mass is 180 g/mol. The van der Waals surface area contributed by atoms with Crippen molar-refractivity contribution in [3.8, 4) is 6.07 Å². The molecule has 0 aromatic carbocycles. The van der Waals surface area contributed by atoms with Crippen LogP contribution in [0.4, 0.5) is 0 Å². The highest BCUT2D eigenvalue weighted by atomic mass is 35.5. The number of hydrogen-bond acceptors (Lipinski definition) is 2. The van der Waals surface area contributed by atoms with Gasteiger partial charge >= 0.3 is 0 Å². The Labute approximate surface area is 76.8 Å². The van der Waals surface area contributed by atoms with Crippen molar-refractivity contribution < 1.29 is 0 Å². The molecule has 1 aromatic rings. The van der Waals surface area contributed by atoms with Crippen LogP contribution in [-0.4, -0.2) is 4.98 Å². The van der Waals surface area contributed by atoms with E-state index in [9.17, 15) is 0 Å². The third kappa shape index (κ3) is 1.75. The Kier molecular flexibility index (Phi) is 2.67. The Morgan fingerprint density at radius 1 is 1.58 bits per heavy atom. The quantitative estimate of drug-likeness (QED) is 0.624. The van der Waals surface area contributed by atoms with Gasteiger partial charge in [-0.2, -0.15) is 5.26 Å². The van der Waals surface area contributed by atoms with Crippen molar-refractivity contribution in [3.63, 3.8) is 0 Å². The van der Waals surface area contributed by atoms with E-state index in [1.807, 2.05) is 19.9 Å². The van der Waals surface area contributed by atoms with Gasteiger partial charge in [-0.1, -0.05) is 25.4 Å². The minimum Gasteiger partial charge on any atom is -0.243 e. The van der Waals surface area contributed by atoms with Crippen LogP contribution in [0.3, 0.4) is 0 Å². The summed E-state index contributed by atoms with van der Waals surface area (Å²) in [6.45, 7) is 4.10. The molecule has 0 N–H and O–H groups in total. The molecule has 1 aromatic heterocycles. The zero-order valence-corrected chi connectivity index (χ0v) is 7.76. The largest absolute Gasteiger partial charge is 0.243 e. The molecule has 0 atom stereocenters. The summed E-state index contributed by atoms with van der Waals surface area (Å²) in [6, 6.07) is 3.77. The maximum absolute atomic E-state index is 8.65. The number of halogens is 1. The van der Waals surface area contributed by atoms with E-state index in [0.717, 1.165) is 5.56 Å². The summed E-state index contributed by atoms with van der Waals surface area (Å²) in [5.74, 6) is 0.377. The first-order valence-electron chi connectivity index (χ1n) is 3.70. The van der Waals surface area contributed by atoms with E-state index in [1.54, 1.807) is 12.3 Å². The molecule has 0 spiro atoms. The summed E-state index contributed by atoms with van der Waals surface area (Å²) in [4.78, 5) is 3.91. The summed E-state index contributed by atoms with van der Waals surface area (Å²) >= 11 is 5.67. The molecule has 0 amide bonds. The van der Waals surface area contributed by atoms with Crippen LogP contribution in [0.5, 0.6) is 0 Å². The SMILES string of the molecule is CC(C)c1cnc(Cl)c(C#N)c1. The van der Waals surface area contributed by atoms with E-state index >= 15 is 0 Å². The van der Waals surface area contributed by atoms with Crippen LogP contribution >= 0.6 is 11.6 Å². The molecule has 0 fully saturated rings. The lowest BCUT2D eigenvalue weighted by atomic mass is 10.0. The number of pyridine rings is 1. The highest BCUT2D eigenvalue weighted by molar-refractivity contribution is 6.30. The van der Waals surface area contributed by atoms with Gasteiger partial charge in [-0.3, -0.25) is 0 Å². The van der Waals surface area contributed by atoms with Crippen LogP contribution in [0.25, 0.3) is 0 Å². The average molecular weight is 181 g/mol. The van der Waals surface area contributed by atoms with Crippen LogP contribution in [0, 0.1) is 11.3 Å². The molecule has 0 aliphatic carbocycles. The lowest BCUT2D eigenvalue weighted by Crippen LogP contribution is -1.91. The van der Waals surface area contributed by atoms with Crippen molar-refractivity contribution in [3.05, 3.63) is 28.5 Å². The van der Waals surface area contributed by atoms with Crippen LogP contribution in [0.2, 0.25) is 5.15 Å². The van der Waals surface area contributed by atoms with Gasteiger partial charge in [-0.15, -0.1) is 0 Å². The molecule has 0 saturated heterocycles. The molecule has 1 rings (SSSR count). The molecule has 2 nitrogen and oxygen atoms in total. The standard InChI is InChI=1S/C9H9ClN2/c1-6(2)8-3-7(4-11)9(10)12-5-8/h3,5-6H,1-2H3. The highest BCUT2D eigenvalue weighted by Crippen LogP contribution is 2.18. The van der Waals surface area contributed by atoms with Gasteiger partial charge in [-0.25, -0.2) is 4.98 Å². The van der Waals surface area contributed by atoms with E-state index in [1.165, 1.54) is 0 Å². The molecule has 0 radical (unpaired) electrons. The summed E-state index contributed by atoms with van der Waals surface area (Å²) < 4.78 is 0. The highest BCUT2D eigenvalue weighted by Gasteiger charge is 2.04. The van der Waals surface area contributed by atoms with E-state index in [4.69, 9.17) is 16.9 Å². The van der Waals surface area contributed by atoms with Gasteiger partial charge in [0.1, 0.15) is 11.2 Å². The summed E-state index contributed by atoms with van der Waals surface area (Å²) in [6.07, 6.45) is 1.70. The summed E-state index contributed by atoms with van der Waals surface area (Å²) in [7, 11) is 0. The van der Waals surface area contributed by atoms with Gasteiger partial charge in [0.2, 0.25) is 0 Å². The van der Waals surface area contributed by atoms with Crippen molar-refractivity contribution in [2.24, 2.45) is 0 Å². The van der Waals surface area contributed by atoms with E-state index in [2.05, 4.69) is 4.98 Å². The van der Waals surface area contributed by atoms with Crippen molar-refractivity contribution in [2.45, 2.75) is 19.8 Å². The average Bonchev–Trinajstić information content (AvgIpc) is 2.05. The number of hydrogen-bond donors (Lipinski definition) is 0. The smallest absolute Gasteiger partial charge is 0.146 e.